The van der Waals surface area contributed by atoms with Crippen LogP contribution in [0.15, 0.2) is 57.5 Å². The molecule has 6 nitrogen and oxygen atoms in total. The van der Waals surface area contributed by atoms with E-state index >= 15 is 0 Å². The summed E-state index contributed by atoms with van der Waals surface area (Å²) in [5, 5.41) is 10.7. The summed E-state index contributed by atoms with van der Waals surface area (Å²) in [7, 11) is 3.23. The zero-order chi connectivity index (χ0) is 21.3. The summed E-state index contributed by atoms with van der Waals surface area (Å²) in [5.74, 6) is 1.80. The minimum Gasteiger partial charge on any atom is -0.497 e. The van der Waals surface area contributed by atoms with Crippen molar-refractivity contribution in [1.29, 1.82) is 5.26 Å². The molecule has 0 radical (unpaired) electrons. The summed E-state index contributed by atoms with van der Waals surface area (Å²) in [6.45, 7) is 0.377. The van der Waals surface area contributed by atoms with Crippen molar-refractivity contribution < 1.29 is 14.3 Å². The Morgan fingerprint density at radius 2 is 1.93 bits per heavy atom. The molecule has 0 unspecified atom stereocenters. The summed E-state index contributed by atoms with van der Waals surface area (Å²) < 4.78 is 11.8. The Morgan fingerprint density at radius 1 is 1.17 bits per heavy atom. The maximum atomic E-state index is 13.1. The largest absolute Gasteiger partial charge is 0.497 e. The zero-order valence-electron chi connectivity index (χ0n) is 16.6. The number of hydrogen-bond acceptors (Lipinski definition) is 6. The maximum Gasteiger partial charge on any atom is 0.229 e. The third-order valence-corrected chi connectivity index (χ3v) is 6.98. The number of ether oxygens (including phenoxy) is 2. The van der Waals surface area contributed by atoms with Crippen LogP contribution in [0.2, 0.25) is 0 Å². The van der Waals surface area contributed by atoms with E-state index in [2.05, 4.69) is 26.9 Å². The molecule has 2 heterocycles. The van der Waals surface area contributed by atoms with Gasteiger partial charge in [0.2, 0.25) is 5.91 Å². The van der Waals surface area contributed by atoms with Crippen LogP contribution >= 0.6 is 27.7 Å². The Kier molecular flexibility index (Phi) is 5.93. The van der Waals surface area contributed by atoms with Gasteiger partial charge in [-0.05, 0) is 29.8 Å². The monoisotopic (exact) mass is 485 g/mol. The lowest BCUT2D eigenvalue weighted by Gasteiger charge is -2.42. The van der Waals surface area contributed by atoms with Gasteiger partial charge in [-0.1, -0.05) is 39.8 Å². The standard InChI is InChI=1S/C22H20BrN3O3S/c1-28-16-7-8-19(20(9-16)29-2)25-12-26-21(27)10-17(14-3-5-15(23)6-4-14)18(11-24)22(26)30-13-25/h3-9,17H,10,12-13H2,1-2H3/t17-/m0/s1. The van der Waals surface area contributed by atoms with E-state index < -0.39 is 0 Å². The first kappa shape index (κ1) is 20.6. The highest BCUT2D eigenvalue weighted by Crippen LogP contribution is 2.44. The molecule has 2 aliphatic rings. The van der Waals surface area contributed by atoms with Crippen LogP contribution in [-0.4, -0.2) is 37.6 Å². The van der Waals surface area contributed by atoms with Crippen LogP contribution in [0.3, 0.4) is 0 Å². The molecule has 0 bridgehead atoms. The number of halogens is 1. The minimum atomic E-state index is -0.212. The average Bonchev–Trinajstić information content (AvgIpc) is 2.79. The van der Waals surface area contributed by atoms with Crippen molar-refractivity contribution in [3.63, 3.8) is 0 Å². The second-order valence-corrected chi connectivity index (χ2v) is 8.80. The van der Waals surface area contributed by atoms with Gasteiger partial charge in [0.15, 0.2) is 0 Å². The molecule has 0 aliphatic carbocycles. The number of nitriles is 1. The lowest BCUT2D eigenvalue weighted by molar-refractivity contribution is -0.129. The second kappa shape index (κ2) is 8.62. The highest BCUT2D eigenvalue weighted by Gasteiger charge is 2.38. The van der Waals surface area contributed by atoms with Crippen molar-refractivity contribution in [1.82, 2.24) is 4.90 Å². The highest BCUT2D eigenvalue weighted by atomic mass is 79.9. The van der Waals surface area contributed by atoms with Crippen LogP contribution in [0.5, 0.6) is 11.5 Å². The van der Waals surface area contributed by atoms with E-state index in [1.54, 1.807) is 19.1 Å². The van der Waals surface area contributed by atoms with Crippen LogP contribution in [0, 0.1) is 11.3 Å². The molecule has 8 heteroatoms. The van der Waals surface area contributed by atoms with Crippen LogP contribution < -0.4 is 14.4 Å². The summed E-state index contributed by atoms with van der Waals surface area (Å²) in [6, 6.07) is 15.8. The Hall–Kier alpha value is -2.63. The number of nitrogens with zero attached hydrogens (tertiary/aromatic N) is 3. The van der Waals surface area contributed by atoms with Gasteiger partial charge in [0.05, 0.1) is 49.1 Å². The molecular weight excluding hydrogens is 466 g/mol. The molecule has 2 aliphatic heterocycles. The molecule has 2 aromatic rings. The molecule has 154 valence electrons. The molecule has 1 atom stereocenters. The molecule has 30 heavy (non-hydrogen) atoms. The first-order valence-electron chi connectivity index (χ1n) is 9.35. The van der Waals surface area contributed by atoms with E-state index in [0.29, 0.717) is 29.6 Å². The van der Waals surface area contributed by atoms with Gasteiger partial charge in [0.1, 0.15) is 11.5 Å². The quantitative estimate of drug-likeness (QED) is 0.625. The van der Waals surface area contributed by atoms with Gasteiger partial charge in [0.25, 0.3) is 0 Å². The third kappa shape index (κ3) is 3.75. The number of thioether (sulfide) groups is 1. The third-order valence-electron chi connectivity index (χ3n) is 5.29. The number of amides is 1. The number of benzene rings is 2. The first-order chi connectivity index (χ1) is 14.5. The van der Waals surface area contributed by atoms with Crippen molar-refractivity contribution in [2.75, 3.05) is 31.7 Å². The number of fused-ring (bicyclic) bond motifs is 1. The number of rotatable bonds is 4. The predicted molar refractivity (Wildman–Crippen MR) is 120 cm³/mol. The fraction of sp³-hybridized carbons (Fsp3) is 0.273. The number of carbonyl (C=O) groups excluding carboxylic acids is 1. The molecule has 1 fully saturated rings. The molecule has 0 aromatic heterocycles. The second-order valence-electron chi connectivity index (χ2n) is 6.95. The van der Waals surface area contributed by atoms with Crippen LogP contribution in [0.1, 0.15) is 17.9 Å². The van der Waals surface area contributed by atoms with Crippen molar-refractivity contribution in [3.05, 3.63) is 63.1 Å². The molecule has 1 saturated heterocycles. The Morgan fingerprint density at radius 3 is 2.60 bits per heavy atom. The predicted octanol–water partition coefficient (Wildman–Crippen LogP) is 4.69. The van der Waals surface area contributed by atoms with Gasteiger partial charge in [-0.15, -0.1) is 0 Å². The number of anilines is 1. The molecule has 0 saturated carbocycles. The van der Waals surface area contributed by atoms with E-state index in [-0.39, 0.29) is 18.2 Å². The lowest BCUT2D eigenvalue weighted by Crippen LogP contribution is -2.47. The van der Waals surface area contributed by atoms with Crippen LogP contribution in [-0.2, 0) is 4.79 Å². The summed E-state index contributed by atoms with van der Waals surface area (Å²) >= 11 is 4.95. The molecule has 2 aromatic carbocycles. The van der Waals surface area contributed by atoms with Crippen molar-refractivity contribution in [3.8, 4) is 17.6 Å². The highest BCUT2D eigenvalue weighted by molar-refractivity contribution is 9.10. The molecule has 1 amide bonds. The molecule has 0 N–H and O–H groups in total. The average molecular weight is 486 g/mol. The summed E-state index contributed by atoms with van der Waals surface area (Å²) in [5.41, 5.74) is 2.52. The van der Waals surface area contributed by atoms with E-state index in [4.69, 9.17) is 9.47 Å². The smallest absolute Gasteiger partial charge is 0.229 e. The van der Waals surface area contributed by atoms with E-state index in [1.807, 2.05) is 42.5 Å². The number of allylic oxidation sites excluding steroid dienone is 1. The van der Waals surface area contributed by atoms with Crippen molar-refractivity contribution in [2.24, 2.45) is 0 Å². The van der Waals surface area contributed by atoms with Gasteiger partial charge in [0, 0.05) is 22.9 Å². The van der Waals surface area contributed by atoms with Crippen LogP contribution in [0.4, 0.5) is 5.69 Å². The number of methoxy groups -OCH3 is 2. The first-order valence-corrected chi connectivity index (χ1v) is 11.1. The van der Waals surface area contributed by atoms with Crippen LogP contribution in [0.25, 0.3) is 0 Å². The van der Waals surface area contributed by atoms with E-state index in [9.17, 15) is 10.1 Å². The Bertz CT molecular complexity index is 1050. The van der Waals surface area contributed by atoms with Gasteiger partial charge >= 0.3 is 0 Å². The number of hydrogen-bond donors (Lipinski definition) is 0. The van der Waals surface area contributed by atoms with Crippen molar-refractivity contribution >= 4 is 39.3 Å². The van der Waals surface area contributed by atoms with E-state index in [1.165, 1.54) is 11.8 Å². The number of carbonyl (C=O) groups is 1. The van der Waals surface area contributed by atoms with Crippen molar-refractivity contribution in [2.45, 2.75) is 12.3 Å². The summed E-state index contributed by atoms with van der Waals surface area (Å²) in [6.07, 6.45) is 0.280. The van der Waals surface area contributed by atoms with Gasteiger partial charge < -0.3 is 14.4 Å². The minimum absolute atomic E-state index is 0.0154. The normalized spacial score (nSPS) is 18.7. The lowest BCUT2D eigenvalue weighted by atomic mass is 9.86. The molecule has 4 rings (SSSR count). The fourth-order valence-electron chi connectivity index (χ4n) is 3.74. The SMILES string of the molecule is COc1ccc(N2CSC3=C(C#N)[C@H](c4ccc(Br)cc4)CC(=O)N3C2)c(OC)c1. The topological polar surface area (TPSA) is 65.8 Å². The molecular formula is C22H20BrN3O3S. The Balaban J connectivity index is 1.65. The van der Waals surface area contributed by atoms with Gasteiger partial charge in [-0.2, -0.15) is 5.26 Å². The maximum absolute atomic E-state index is 13.1. The summed E-state index contributed by atoms with van der Waals surface area (Å²) in [4.78, 5) is 16.8. The fourth-order valence-corrected chi connectivity index (χ4v) is 5.16. The molecule has 0 spiro atoms. The van der Waals surface area contributed by atoms with Gasteiger partial charge in [-0.25, -0.2) is 0 Å². The zero-order valence-corrected chi connectivity index (χ0v) is 19.0. The van der Waals surface area contributed by atoms with Gasteiger partial charge in [-0.3, -0.25) is 9.69 Å². The van der Waals surface area contributed by atoms with E-state index in [0.717, 1.165) is 20.8 Å². The Labute approximate surface area is 188 Å².